The van der Waals surface area contributed by atoms with E-state index in [1.807, 2.05) is 42.1 Å². The third kappa shape index (κ3) is 4.86. The van der Waals surface area contributed by atoms with E-state index in [-0.39, 0.29) is 12.1 Å². The van der Waals surface area contributed by atoms with Crippen LogP contribution in [-0.2, 0) is 9.47 Å². The molecule has 0 unspecified atom stereocenters. The molecule has 0 saturated carbocycles. The molecule has 1 amide bonds. The summed E-state index contributed by atoms with van der Waals surface area (Å²) in [5.41, 5.74) is 2.64. The molecule has 0 spiro atoms. The number of fused-ring (bicyclic) bond motifs is 1. The summed E-state index contributed by atoms with van der Waals surface area (Å²) in [5.74, 6) is 2.21. The lowest BCUT2D eigenvalue weighted by Gasteiger charge is -2.31. The molecule has 0 bridgehead atoms. The highest BCUT2D eigenvalue weighted by atomic mass is 16.6. The van der Waals surface area contributed by atoms with E-state index in [0.717, 1.165) is 54.0 Å². The highest BCUT2D eigenvalue weighted by Crippen LogP contribution is 2.32. The first kappa shape index (κ1) is 24.2. The van der Waals surface area contributed by atoms with E-state index in [9.17, 15) is 4.79 Å². The number of likely N-dealkylation sites (tertiary alicyclic amines) is 1. The Hall–Kier alpha value is -4.19. The first-order valence-corrected chi connectivity index (χ1v) is 13.1. The molecule has 0 radical (unpaired) electrons. The van der Waals surface area contributed by atoms with Crippen LogP contribution in [0.2, 0.25) is 0 Å². The summed E-state index contributed by atoms with van der Waals surface area (Å²) in [6.07, 6.45) is 6.68. The highest BCUT2D eigenvalue weighted by molar-refractivity contribution is 5.89. The number of amides is 1. The molecule has 5 heterocycles. The Morgan fingerprint density at radius 1 is 1.13 bits per heavy atom. The van der Waals surface area contributed by atoms with Crippen molar-refractivity contribution in [2.45, 2.75) is 25.8 Å². The number of morpholine rings is 1. The Labute approximate surface area is 220 Å². The normalized spacial score (nSPS) is 16.7. The molecule has 38 heavy (non-hydrogen) atoms. The van der Waals surface area contributed by atoms with Crippen molar-refractivity contribution in [1.82, 2.24) is 34.6 Å². The van der Waals surface area contributed by atoms with Crippen molar-refractivity contribution in [3.8, 4) is 11.4 Å². The number of imidazole rings is 1. The van der Waals surface area contributed by atoms with Crippen LogP contribution in [0.15, 0.2) is 42.9 Å². The molecule has 12 nitrogen and oxygen atoms in total. The molecule has 1 aromatic carbocycles. The van der Waals surface area contributed by atoms with Gasteiger partial charge in [-0.3, -0.25) is 0 Å². The molecule has 2 N–H and O–H groups in total. The Balaban J connectivity index is 1.32. The number of ether oxygens (including phenoxy) is 2. The summed E-state index contributed by atoms with van der Waals surface area (Å²) < 4.78 is 12.8. The maximum atomic E-state index is 12.2. The van der Waals surface area contributed by atoms with Gasteiger partial charge in [0.15, 0.2) is 11.5 Å². The van der Waals surface area contributed by atoms with Gasteiger partial charge < -0.3 is 29.6 Å². The van der Waals surface area contributed by atoms with Crippen molar-refractivity contribution in [3.63, 3.8) is 0 Å². The summed E-state index contributed by atoms with van der Waals surface area (Å²) in [4.78, 5) is 33.5. The van der Waals surface area contributed by atoms with Crippen LogP contribution >= 0.6 is 0 Å². The Morgan fingerprint density at radius 3 is 2.63 bits per heavy atom. The SMILES string of the molecule is CCOC(=O)N1CCC(n2ncc3c(N4CCOCC4)nc(-c4ccc(Nc5ncc[nH]5)cc4)nc32)CC1. The van der Waals surface area contributed by atoms with E-state index in [1.54, 1.807) is 17.3 Å². The monoisotopic (exact) mass is 517 g/mol. The van der Waals surface area contributed by atoms with Gasteiger partial charge in [0, 0.05) is 49.8 Å². The predicted molar refractivity (Wildman–Crippen MR) is 143 cm³/mol. The van der Waals surface area contributed by atoms with Crippen molar-refractivity contribution in [2.24, 2.45) is 0 Å². The van der Waals surface area contributed by atoms with Crippen LogP contribution in [0.4, 0.5) is 22.2 Å². The van der Waals surface area contributed by atoms with Crippen molar-refractivity contribution in [1.29, 1.82) is 0 Å². The smallest absolute Gasteiger partial charge is 0.409 e. The maximum Gasteiger partial charge on any atom is 0.409 e. The minimum Gasteiger partial charge on any atom is -0.450 e. The summed E-state index contributed by atoms with van der Waals surface area (Å²) in [6, 6.07) is 8.13. The molecule has 0 atom stereocenters. The number of rotatable bonds is 6. The van der Waals surface area contributed by atoms with E-state index in [4.69, 9.17) is 24.5 Å². The molecule has 12 heteroatoms. The van der Waals surface area contributed by atoms with Crippen LogP contribution in [-0.4, -0.2) is 86.7 Å². The van der Waals surface area contributed by atoms with E-state index >= 15 is 0 Å². The second kappa shape index (κ2) is 10.7. The number of hydrogen-bond acceptors (Lipinski definition) is 9. The molecule has 2 aliphatic rings. The minimum absolute atomic E-state index is 0.137. The topological polar surface area (TPSA) is 126 Å². The van der Waals surface area contributed by atoms with Crippen molar-refractivity contribution >= 4 is 34.6 Å². The zero-order valence-corrected chi connectivity index (χ0v) is 21.3. The van der Waals surface area contributed by atoms with Crippen LogP contribution < -0.4 is 10.2 Å². The number of carbonyl (C=O) groups excluding carboxylic acids is 1. The molecular weight excluding hydrogens is 486 g/mol. The summed E-state index contributed by atoms with van der Waals surface area (Å²) >= 11 is 0. The third-order valence-corrected chi connectivity index (χ3v) is 6.98. The summed E-state index contributed by atoms with van der Waals surface area (Å²) in [5, 5.41) is 8.94. The van der Waals surface area contributed by atoms with Gasteiger partial charge in [0.1, 0.15) is 5.82 Å². The molecule has 2 fully saturated rings. The molecule has 0 aliphatic carbocycles. The Morgan fingerprint density at radius 2 is 1.92 bits per heavy atom. The number of hydrogen-bond donors (Lipinski definition) is 2. The number of H-pyrrole nitrogens is 1. The van der Waals surface area contributed by atoms with Crippen molar-refractivity contribution < 1.29 is 14.3 Å². The van der Waals surface area contributed by atoms with Gasteiger partial charge in [0.2, 0.25) is 5.95 Å². The summed E-state index contributed by atoms with van der Waals surface area (Å²) in [7, 11) is 0. The zero-order chi connectivity index (χ0) is 25.9. The number of nitrogens with one attached hydrogen (secondary N) is 2. The van der Waals surface area contributed by atoms with E-state index in [2.05, 4.69) is 20.2 Å². The average molecular weight is 518 g/mol. The van der Waals surface area contributed by atoms with Crippen molar-refractivity contribution in [2.75, 3.05) is 56.2 Å². The Bertz CT molecular complexity index is 1370. The quantitative estimate of drug-likeness (QED) is 0.394. The third-order valence-electron chi connectivity index (χ3n) is 6.98. The fourth-order valence-corrected chi connectivity index (χ4v) is 5.00. The second-order valence-electron chi connectivity index (χ2n) is 9.35. The number of anilines is 3. The maximum absolute atomic E-state index is 12.2. The number of aromatic amines is 1. The number of carbonyl (C=O) groups is 1. The second-order valence-corrected chi connectivity index (χ2v) is 9.35. The molecule has 6 rings (SSSR count). The lowest BCUT2D eigenvalue weighted by atomic mass is 10.1. The molecule has 2 saturated heterocycles. The van der Waals surface area contributed by atoms with Crippen LogP contribution in [0.25, 0.3) is 22.4 Å². The van der Waals surface area contributed by atoms with Gasteiger partial charge >= 0.3 is 6.09 Å². The van der Waals surface area contributed by atoms with Crippen LogP contribution in [0.5, 0.6) is 0 Å². The standard InChI is InChI=1S/C26H31N9O3/c1-2-38-26(36)34-11-7-20(8-12-34)35-24-21(17-29-35)23(33-13-15-37-16-14-33)31-22(32-24)18-3-5-19(6-4-18)30-25-27-9-10-28-25/h3-6,9-10,17,20H,2,7-8,11-16H2,1H3,(H2,27,28,30). The molecule has 198 valence electrons. The van der Waals surface area contributed by atoms with Gasteiger partial charge in [-0.2, -0.15) is 5.10 Å². The van der Waals surface area contributed by atoms with E-state index in [0.29, 0.717) is 44.7 Å². The van der Waals surface area contributed by atoms with Gasteiger partial charge in [-0.1, -0.05) is 0 Å². The van der Waals surface area contributed by atoms with Gasteiger partial charge in [-0.15, -0.1) is 0 Å². The lowest BCUT2D eigenvalue weighted by Crippen LogP contribution is -2.39. The molecule has 2 aliphatic heterocycles. The number of benzene rings is 1. The van der Waals surface area contributed by atoms with Gasteiger partial charge in [-0.05, 0) is 44.0 Å². The van der Waals surface area contributed by atoms with Crippen LogP contribution in [0.3, 0.4) is 0 Å². The molecule has 3 aromatic heterocycles. The molecular formula is C26H31N9O3. The largest absolute Gasteiger partial charge is 0.450 e. The van der Waals surface area contributed by atoms with Gasteiger partial charge in [0.05, 0.1) is 37.4 Å². The predicted octanol–water partition coefficient (Wildman–Crippen LogP) is 3.59. The fourth-order valence-electron chi connectivity index (χ4n) is 5.00. The van der Waals surface area contributed by atoms with Crippen LogP contribution in [0, 0.1) is 0 Å². The first-order valence-electron chi connectivity index (χ1n) is 13.1. The van der Waals surface area contributed by atoms with Gasteiger partial charge in [0.25, 0.3) is 0 Å². The minimum atomic E-state index is -0.250. The van der Waals surface area contributed by atoms with E-state index < -0.39 is 0 Å². The zero-order valence-electron chi connectivity index (χ0n) is 21.3. The number of piperidine rings is 1. The van der Waals surface area contributed by atoms with E-state index in [1.165, 1.54) is 0 Å². The fraction of sp³-hybridized carbons (Fsp3) is 0.423. The summed E-state index contributed by atoms with van der Waals surface area (Å²) in [6.45, 7) is 6.32. The average Bonchev–Trinajstić information content (AvgIpc) is 3.64. The molecule has 4 aromatic rings. The van der Waals surface area contributed by atoms with Crippen molar-refractivity contribution in [3.05, 3.63) is 42.9 Å². The number of aromatic nitrogens is 6. The van der Waals surface area contributed by atoms with Gasteiger partial charge in [-0.25, -0.2) is 24.4 Å². The lowest BCUT2D eigenvalue weighted by molar-refractivity contribution is 0.0919. The highest BCUT2D eigenvalue weighted by Gasteiger charge is 2.28. The number of nitrogens with zero attached hydrogens (tertiary/aromatic N) is 7. The Kier molecular flexibility index (Phi) is 6.78. The van der Waals surface area contributed by atoms with Crippen LogP contribution in [0.1, 0.15) is 25.8 Å². The first-order chi connectivity index (χ1) is 18.7.